The van der Waals surface area contributed by atoms with E-state index in [2.05, 4.69) is 31.1 Å². The third kappa shape index (κ3) is 5.69. The molecule has 0 atom stereocenters. The number of hydrogen-bond donors (Lipinski definition) is 1. The molecule has 0 saturated carbocycles. The largest absolute Gasteiger partial charge is 0.478 e. The van der Waals surface area contributed by atoms with Crippen molar-refractivity contribution in [2.75, 3.05) is 13.2 Å². The molecular weight excluding hydrogens is 248 g/mol. The average Bonchev–Trinajstić information content (AvgIpc) is 2.33. The second-order valence-electron chi connectivity index (χ2n) is 4.80. The van der Waals surface area contributed by atoms with Crippen LogP contribution in [0.5, 0.6) is 5.88 Å². The van der Waals surface area contributed by atoms with E-state index >= 15 is 0 Å². The number of rotatable bonds is 8. The predicted molar refractivity (Wildman–Crippen MR) is 76.2 cm³/mol. The maximum atomic E-state index is 6.11. The van der Waals surface area contributed by atoms with Crippen molar-refractivity contribution in [2.45, 2.75) is 40.2 Å². The van der Waals surface area contributed by atoms with Gasteiger partial charge in [-0.2, -0.15) is 0 Å². The minimum absolute atomic E-state index is 0.618. The van der Waals surface area contributed by atoms with Gasteiger partial charge in [-0.05, 0) is 24.9 Å². The van der Waals surface area contributed by atoms with Gasteiger partial charge in [-0.25, -0.2) is 4.98 Å². The van der Waals surface area contributed by atoms with Gasteiger partial charge < -0.3 is 10.1 Å². The number of nitrogens with zero attached hydrogens (tertiary/aromatic N) is 1. The van der Waals surface area contributed by atoms with Crippen molar-refractivity contribution in [1.29, 1.82) is 0 Å². The molecule has 0 fully saturated rings. The van der Waals surface area contributed by atoms with Crippen LogP contribution in [0, 0.1) is 5.92 Å². The van der Waals surface area contributed by atoms with E-state index in [1.165, 1.54) is 0 Å². The standard InChI is InChI=1S/C14H23ClN2O/c1-4-5-8-18-14-7-6-12(15)13(17-14)10-16-9-11(2)3/h6-7,11,16H,4-5,8-10H2,1-3H3. The van der Waals surface area contributed by atoms with Crippen LogP contribution in [0.15, 0.2) is 12.1 Å². The van der Waals surface area contributed by atoms with Gasteiger partial charge in [-0.15, -0.1) is 0 Å². The first-order valence-electron chi connectivity index (χ1n) is 6.62. The average molecular weight is 271 g/mol. The van der Waals surface area contributed by atoms with Crippen LogP contribution < -0.4 is 10.1 Å². The molecule has 0 bridgehead atoms. The van der Waals surface area contributed by atoms with Crippen LogP contribution in [0.2, 0.25) is 5.02 Å². The van der Waals surface area contributed by atoms with Crippen LogP contribution >= 0.6 is 11.6 Å². The summed E-state index contributed by atoms with van der Waals surface area (Å²) in [7, 11) is 0. The van der Waals surface area contributed by atoms with Crippen LogP contribution in [0.4, 0.5) is 0 Å². The van der Waals surface area contributed by atoms with E-state index in [1.54, 1.807) is 0 Å². The summed E-state index contributed by atoms with van der Waals surface area (Å²) in [4.78, 5) is 4.42. The fourth-order valence-electron chi connectivity index (χ4n) is 1.47. The van der Waals surface area contributed by atoms with Gasteiger partial charge in [0.15, 0.2) is 0 Å². The molecule has 0 aromatic carbocycles. The van der Waals surface area contributed by atoms with Gasteiger partial charge in [0.05, 0.1) is 17.3 Å². The molecule has 0 aliphatic carbocycles. The van der Waals surface area contributed by atoms with Gasteiger partial charge in [0, 0.05) is 12.6 Å². The van der Waals surface area contributed by atoms with Crippen molar-refractivity contribution in [3.05, 3.63) is 22.8 Å². The van der Waals surface area contributed by atoms with Gasteiger partial charge in [0.1, 0.15) is 0 Å². The molecule has 0 saturated heterocycles. The highest BCUT2D eigenvalue weighted by Crippen LogP contribution is 2.18. The highest BCUT2D eigenvalue weighted by atomic mass is 35.5. The third-order valence-corrected chi connectivity index (χ3v) is 2.83. The number of nitrogens with one attached hydrogen (secondary N) is 1. The molecular formula is C14H23ClN2O. The fourth-order valence-corrected chi connectivity index (χ4v) is 1.64. The summed E-state index contributed by atoms with van der Waals surface area (Å²) in [6.45, 7) is 8.84. The Hall–Kier alpha value is -0.800. The van der Waals surface area contributed by atoms with Crippen LogP contribution in [-0.2, 0) is 6.54 Å². The van der Waals surface area contributed by atoms with E-state index in [4.69, 9.17) is 16.3 Å². The number of pyridine rings is 1. The first kappa shape index (κ1) is 15.3. The second kappa shape index (κ2) is 8.33. The maximum Gasteiger partial charge on any atom is 0.213 e. The molecule has 3 nitrogen and oxygen atoms in total. The summed E-state index contributed by atoms with van der Waals surface area (Å²) in [5.41, 5.74) is 0.853. The van der Waals surface area contributed by atoms with E-state index in [1.807, 2.05) is 12.1 Å². The molecule has 18 heavy (non-hydrogen) atoms. The lowest BCUT2D eigenvalue weighted by Crippen LogP contribution is -2.20. The highest BCUT2D eigenvalue weighted by molar-refractivity contribution is 6.31. The molecule has 0 amide bonds. The third-order valence-electron chi connectivity index (χ3n) is 2.49. The van der Waals surface area contributed by atoms with Crippen LogP contribution in [0.1, 0.15) is 39.3 Å². The van der Waals surface area contributed by atoms with Crippen molar-refractivity contribution in [1.82, 2.24) is 10.3 Å². The van der Waals surface area contributed by atoms with Crippen LogP contribution in [-0.4, -0.2) is 18.1 Å². The topological polar surface area (TPSA) is 34.1 Å². The molecule has 0 aliphatic rings. The first-order chi connectivity index (χ1) is 8.63. The summed E-state index contributed by atoms with van der Waals surface area (Å²) >= 11 is 6.11. The van der Waals surface area contributed by atoms with Crippen molar-refractivity contribution in [3.8, 4) is 5.88 Å². The lowest BCUT2D eigenvalue weighted by molar-refractivity contribution is 0.296. The quantitative estimate of drug-likeness (QED) is 0.732. The first-order valence-corrected chi connectivity index (χ1v) is 7.00. The van der Waals surface area contributed by atoms with E-state index < -0.39 is 0 Å². The maximum absolute atomic E-state index is 6.11. The van der Waals surface area contributed by atoms with Crippen molar-refractivity contribution < 1.29 is 4.74 Å². The number of ether oxygens (including phenoxy) is 1. The minimum atomic E-state index is 0.618. The Morgan fingerprint density at radius 2 is 2.17 bits per heavy atom. The van der Waals surface area contributed by atoms with E-state index in [-0.39, 0.29) is 0 Å². The molecule has 0 radical (unpaired) electrons. The number of hydrogen-bond acceptors (Lipinski definition) is 3. The fraction of sp³-hybridized carbons (Fsp3) is 0.643. The van der Waals surface area contributed by atoms with E-state index in [0.717, 1.165) is 25.1 Å². The Labute approximate surface area is 115 Å². The van der Waals surface area contributed by atoms with E-state index in [0.29, 0.717) is 30.0 Å². The second-order valence-corrected chi connectivity index (χ2v) is 5.21. The number of halogens is 1. The molecule has 1 heterocycles. The van der Waals surface area contributed by atoms with E-state index in [9.17, 15) is 0 Å². The summed E-state index contributed by atoms with van der Waals surface area (Å²) in [5, 5.41) is 4.02. The zero-order chi connectivity index (χ0) is 13.4. The van der Waals surface area contributed by atoms with Crippen molar-refractivity contribution >= 4 is 11.6 Å². The van der Waals surface area contributed by atoms with Crippen molar-refractivity contribution in [2.24, 2.45) is 5.92 Å². The molecule has 0 unspecified atom stereocenters. The predicted octanol–water partition coefficient (Wildman–Crippen LogP) is 3.66. The van der Waals surface area contributed by atoms with Crippen LogP contribution in [0.25, 0.3) is 0 Å². The molecule has 102 valence electrons. The molecule has 1 aromatic heterocycles. The van der Waals surface area contributed by atoms with Gasteiger partial charge >= 0.3 is 0 Å². The molecule has 4 heteroatoms. The Morgan fingerprint density at radius 3 is 2.83 bits per heavy atom. The smallest absolute Gasteiger partial charge is 0.213 e. The van der Waals surface area contributed by atoms with Gasteiger partial charge in [-0.3, -0.25) is 0 Å². The summed E-state index contributed by atoms with van der Waals surface area (Å²) in [6, 6.07) is 3.67. The molecule has 0 aliphatic heterocycles. The Morgan fingerprint density at radius 1 is 1.39 bits per heavy atom. The number of unbranched alkanes of at least 4 members (excludes halogenated alkanes) is 1. The zero-order valence-corrected chi connectivity index (χ0v) is 12.3. The minimum Gasteiger partial charge on any atom is -0.478 e. The normalized spacial score (nSPS) is 10.9. The molecule has 1 rings (SSSR count). The number of aromatic nitrogens is 1. The molecule has 1 aromatic rings. The van der Waals surface area contributed by atoms with Gasteiger partial charge in [0.2, 0.25) is 5.88 Å². The molecule has 1 N–H and O–H groups in total. The monoisotopic (exact) mass is 270 g/mol. The van der Waals surface area contributed by atoms with Gasteiger partial charge in [-0.1, -0.05) is 38.8 Å². The lowest BCUT2D eigenvalue weighted by Gasteiger charge is -2.10. The lowest BCUT2D eigenvalue weighted by atomic mass is 10.2. The van der Waals surface area contributed by atoms with Gasteiger partial charge in [0.25, 0.3) is 0 Å². The molecule has 0 spiro atoms. The highest BCUT2D eigenvalue weighted by Gasteiger charge is 2.05. The summed E-state index contributed by atoms with van der Waals surface area (Å²) in [6.07, 6.45) is 2.17. The Balaban J connectivity index is 2.52. The summed E-state index contributed by atoms with van der Waals surface area (Å²) in [5.74, 6) is 1.28. The summed E-state index contributed by atoms with van der Waals surface area (Å²) < 4.78 is 5.57. The Kier molecular flexibility index (Phi) is 7.06. The zero-order valence-electron chi connectivity index (χ0n) is 11.5. The SMILES string of the molecule is CCCCOc1ccc(Cl)c(CNCC(C)C)n1. The Bertz CT molecular complexity index is 356. The van der Waals surface area contributed by atoms with Crippen molar-refractivity contribution in [3.63, 3.8) is 0 Å². The van der Waals surface area contributed by atoms with Crippen LogP contribution in [0.3, 0.4) is 0 Å².